The minimum atomic E-state index is -5.10. The van der Waals surface area contributed by atoms with E-state index < -0.39 is 24.1 Å². The molecule has 256 valence electrons. The van der Waals surface area contributed by atoms with Gasteiger partial charge >= 0.3 is 12.1 Å². The van der Waals surface area contributed by atoms with Gasteiger partial charge in [0, 0.05) is 30.6 Å². The number of ether oxygens (including phenoxy) is 2. The highest BCUT2D eigenvalue weighted by atomic mass is 19.4. The standard InChI is InChI=1S/C38H38F3N3O5/c1-3-4-19-48-20-21-49-32-13-8-26(9-14-32)28-10-16-34-30(22-28)23-29(17-18-44(34)37(47)38(39,40)41)36(46)43-31-11-6-27(7-12-31)35(45)33-15-5-25(2)24-42-33/h5-16,22-24,35,45H,3-4,17-21H2,1-2H3,(H,43,46). The number of unbranched alkanes of at least 4 members (excludes halogenated alkanes) is 1. The third-order valence-electron chi connectivity index (χ3n) is 8.06. The Labute approximate surface area is 283 Å². The molecule has 4 aromatic rings. The molecular formula is C38H38F3N3O5. The molecule has 0 bridgehead atoms. The summed E-state index contributed by atoms with van der Waals surface area (Å²) in [5, 5.41) is 13.5. The molecule has 1 unspecified atom stereocenters. The van der Waals surface area contributed by atoms with Crippen LogP contribution in [0.3, 0.4) is 0 Å². The summed E-state index contributed by atoms with van der Waals surface area (Å²) in [4.78, 5) is 30.9. The molecule has 1 aromatic heterocycles. The predicted molar refractivity (Wildman–Crippen MR) is 182 cm³/mol. The number of fused-ring (bicyclic) bond motifs is 1. The lowest BCUT2D eigenvalue weighted by molar-refractivity contribution is -0.170. The second-order valence-electron chi connectivity index (χ2n) is 11.7. The molecule has 0 saturated heterocycles. The average molecular weight is 674 g/mol. The van der Waals surface area contributed by atoms with Gasteiger partial charge in [0.25, 0.3) is 5.91 Å². The highest BCUT2D eigenvalue weighted by molar-refractivity contribution is 6.09. The molecule has 1 aliphatic heterocycles. The van der Waals surface area contributed by atoms with Crippen LogP contribution in [0.4, 0.5) is 24.5 Å². The van der Waals surface area contributed by atoms with Crippen LogP contribution in [0.5, 0.6) is 5.75 Å². The largest absolute Gasteiger partial charge is 0.491 e. The molecule has 1 atom stereocenters. The first-order chi connectivity index (χ1) is 23.5. The first-order valence-corrected chi connectivity index (χ1v) is 16.1. The van der Waals surface area contributed by atoms with Gasteiger partial charge in [0.2, 0.25) is 0 Å². The van der Waals surface area contributed by atoms with E-state index in [-0.39, 0.29) is 24.2 Å². The zero-order valence-corrected chi connectivity index (χ0v) is 27.3. The zero-order chi connectivity index (χ0) is 35.0. The minimum absolute atomic E-state index is 0.0555. The van der Waals surface area contributed by atoms with Gasteiger partial charge in [-0.25, -0.2) is 0 Å². The van der Waals surface area contributed by atoms with E-state index in [2.05, 4.69) is 17.2 Å². The van der Waals surface area contributed by atoms with Crippen LogP contribution in [0.1, 0.15) is 54.7 Å². The van der Waals surface area contributed by atoms with Crippen molar-refractivity contribution in [1.82, 2.24) is 4.98 Å². The van der Waals surface area contributed by atoms with Gasteiger partial charge in [-0.15, -0.1) is 0 Å². The number of benzene rings is 3. The quantitative estimate of drug-likeness (QED) is 0.150. The Morgan fingerprint density at radius 3 is 2.37 bits per heavy atom. The van der Waals surface area contributed by atoms with E-state index in [1.807, 2.05) is 25.1 Å². The number of hydrogen-bond acceptors (Lipinski definition) is 6. The van der Waals surface area contributed by atoms with Crippen molar-refractivity contribution < 1.29 is 37.3 Å². The number of alkyl halides is 3. The second-order valence-corrected chi connectivity index (χ2v) is 11.7. The van der Waals surface area contributed by atoms with Crippen LogP contribution in [0, 0.1) is 6.92 Å². The maximum Gasteiger partial charge on any atom is 0.471 e. The van der Waals surface area contributed by atoms with Gasteiger partial charge in [0.15, 0.2) is 0 Å². The molecule has 1 aliphatic rings. The molecule has 5 rings (SSSR count). The van der Waals surface area contributed by atoms with E-state index in [0.717, 1.165) is 24.0 Å². The third-order valence-corrected chi connectivity index (χ3v) is 8.06. The number of aryl methyl sites for hydroxylation is 1. The molecular weight excluding hydrogens is 635 g/mol. The smallest absolute Gasteiger partial charge is 0.471 e. The van der Waals surface area contributed by atoms with Crippen molar-refractivity contribution in [3.05, 3.63) is 113 Å². The predicted octanol–water partition coefficient (Wildman–Crippen LogP) is 7.66. The molecule has 0 spiro atoms. The zero-order valence-electron chi connectivity index (χ0n) is 27.3. The maximum atomic E-state index is 13.6. The van der Waals surface area contributed by atoms with Crippen molar-refractivity contribution in [3.8, 4) is 16.9 Å². The van der Waals surface area contributed by atoms with Crippen LogP contribution < -0.4 is 15.0 Å². The van der Waals surface area contributed by atoms with Crippen molar-refractivity contribution >= 4 is 29.3 Å². The summed E-state index contributed by atoms with van der Waals surface area (Å²) in [6.45, 7) is 5.21. The van der Waals surface area contributed by atoms with E-state index in [1.54, 1.807) is 60.8 Å². The lowest BCUT2D eigenvalue weighted by Gasteiger charge is -2.24. The van der Waals surface area contributed by atoms with Crippen LogP contribution in [0.25, 0.3) is 17.2 Å². The van der Waals surface area contributed by atoms with E-state index in [9.17, 15) is 27.9 Å². The van der Waals surface area contributed by atoms with Gasteiger partial charge in [-0.2, -0.15) is 13.2 Å². The summed E-state index contributed by atoms with van der Waals surface area (Å²) >= 11 is 0. The Morgan fingerprint density at radius 2 is 1.69 bits per heavy atom. The number of aromatic nitrogens is 1. The van der Waals surface area contributed by atoms with Crippen molar-refractivity contribution in [3.63, 3.8) is 0 Å². The van der Waals surface area contributed by atoms with Crippen LogP contribution >= 0.6 is 0 Å². The summed E-state index contributed by atoms with van der Waals surface area (Å²) < 4.78 is 52.2. The number of nitrogens with zero attached hydrogens (tertiary/aromatic N) is 2. The van der Waals surface area contributed by atoms with Gasteiger partial charge in [-0.3, -0.25) is 14.6 Å². The Balaban J connectivity index is 1.34. The van der Waals surface area contributed by atoms with E-state index >= 15 is 0 Å². The Kier molecular flexibility index (Phi) is 11.5. The normalized spacial score (nSPS) is 13.6. The van der Waals surface area contributed by atoms with Crippen LogP contribution in [0.2, 0.25) is 0 Å². The Hall–Kier alpha value is -5.00. The van der Waals surface area contributed by atoms with Gasteiger partial charge < -0.3 is 24.8 Å². The number of hydrogen-bond donors (Lipinski definition) is 2. The number of carbonyl (C=O) groups is 2. The fourth-order valence-corrected chi connectivity index (χ4v) is 5.33. The summed E-state index contributed by atoms with van der Waals surface area (Å²) in [5.41, 5.74) is 4.45. The number of aliphatic hydroxyl groups excluding tert-OH is 1. The van der Waals surface area contributed by atoms with E-state index in [4.69, 9.17) is 9.47 Å². The minimum Gasteiger partial charge on any atom is -0.491 e. The SMILES string of the molecule is CCCCOCCOc1ccc(-c2ccc3c(c2)C=C(C(=O)Nc2ccc(C(O)c4ccc(C)cn4)cc2)CCN3C(=O)C(F)(F)F)cc1. The van der Waals surface area contributed by atoms with Crippen LogP contribution in [-0.2, 0) is 14.3 Å². The van der Waals surface area contributed by atoms with Crippen molar-refractivity contribution in [2.45, 2.75) is 45.4 Å². The molecule has 8 nitrogen and oxygen atoms in total. The van der Waals surface area contributed by atoms with E-state index in [1.165, 1.54) is 12.1 Å². The van der Waals surface area contributed by atoms with Gasteiger partial charge in [-0.1, -0.05) is 49.7 Å². The lowest BCUT2D eigenvalue weighted by Crippen LogP contribution is -2.42. The number of pyridine rings is 1. The maximum absolute atomic E-state index is 13.6. The Morgan fingerprint density at radius 1 is 0.959 bits per heavy atom. The number of anilines is 2. The number of carbonyl (C=O) groups excluding carboxylic acids is 2. The number of rotatable bonds is 12. The monoisotopic (exact) mass is 673 g/mol. The third kappa shape index (κ3) is 9.13. The molecule has 3 aromatic carbocycles. The summed E-state index contributed by atoms with van der Waals surface area (Å²) in [7, 11) is 0. The Bertz CT molecular complexity index is 1770. The molecule has 2 amide bonds. The number of amides is 2. The fraction of sp³-hybridized carbons (Fsp3) is 0.289. The number of nitrogens with one attached hydrogen (secondary N) is 1. The second kappa shape index (κ2) is 15.9. The number of halogens is 3. The molecule has 0 aliphatic carbocycles. The van der Waals surface area contributed by atoms with Crippen molar-refractivity contribution in [2.24, 2.45) is 0 Å². The molecule has 49 heavy (non-hydrogen) atoms. The highest BCUT2D eigenvalue weighted by Crippen LogP contribution is 2.35. The van der Waals surface area contributed by atoms with Crippen molar-refractivity contribution in [2.75, 3.05) is 36.6 Å². The van der Waals surface area contributed by atoms with E-state index in [0.29, 0.717) is 58.5 Å². The topological polar surface area (TPSA) is 101 Å². The summed E-state index contributed by atoms with van der Waals surface area (Å²) in [6, 6.07) is 22.2. The van der Waals surface area contributed by atoms with Crippen molar-refractivity contribution in [1.29, 1.82) is 0 Å². The molecule has 0 fully saturated rings. The molecule has 0 radical (unpaired) electrons. The summed E-state index contributed by atoms with van der Waals surface area (Å²) in [5.74, 6) is -1.88. The molecule has 11 heteroatoms. The lowest BCUT2D eigenvalue weighted by atomic mass is 10.00. The fourth-order valence-electron chi connectivity index (χ4n) is 5.33. The van der Waals surface area contributed by atoms with Crippen LogP contribution in [-0.4, -0.2) is 54.4 Å². The first kappa shape index (κ1) is 35.3. The van der Waals surface area contributed by atoms with Crippen LogP contribution in [0.15, 0.2) is 90.6 Å². The highest BCUT2D eigenvalue weighted by Gasteiger charge is 2.44. The molecule has 2 heterocycles. The molecule has 2 N–H and O–H groups in total. The average Bonchev–Trinajstić information content (AvgIpc) is 3.29. The van der Waals surface area contributed by atoms with Gasteiger partial charge in [0.05, 0.1) is 18.0 Å². The molecule has 0 saturated carbocycles. The van der Waals surface area contributed by atoms with Gasteiger partial charge in [0.1, 0.15) is 18.5 Å². The summed E-state index contributed by atoms with van der Waals surface area (Å²) in [6.07, 6.45) is -0.933. The number of aliphatic hydroxyl groups is 1. The first-order valence-electron chi connectivity index (χ1n) is 16.1. The van der Waals surface area contributed by atoms with Gasteiger partial charge in [-0.05, 0) is 96.1 Å².